The molecule has 3 aromatic carbocycles. The third-order valence-corrected chi connectivity index (χ3v) is 6.66. The van der Waals surface area contributed by atoms with Gasteiger partial charge in [0.2, 0.25) is 5.91 Å². The van der Waals surface area contributed by atoms with Crippen LogP contribution in [-0.4, -0.2) is 24.1 Å². The Kier molecular flexibility index (Phi) is 6.70. The number of aryl methyl sites for hydroxylation is 3. The molecule has 1 heterocycles. The van der Waals surface area contributed by atoms with Crippen molar-refractivity contribution < 1.29 is 13.2 Å². The lowest BCUT2D eigenvalue weighted by Crippen LogP contribution is -2.32. The van der Waals surface area contributed by atoms with E-state index in [0.29, 0.717) is 5.69 Å². The van der Waals surface area contributed by atoms with Gasteiger partial charge in [-0.05, 0) is 61.2 Å². The average molecular weight is 460 g/mol. The van der Waals surface area contributed by atoms with Crippen molar-refractivity contribution in [2.45, 2.75) is 31.1 Å². The van der Waals surface area contributed by atoms with E-state index in [1.54, 1.807) is 22.9 Å². The minimum atomic E-state index is -3.96. The molecular weight excluding hydrogens is 434 g/mol. The van der Waals surface area contributed by atoms with Crippen molar-refractivity contribution in [3.8, 4) is 5.69 Å². The fourth-order valence-electron chi connectivity index (χ4n) is 3.65. The average Bonchev–Trinajstić information content (AvgIpc) is 3.18. The molecule has 4 aromatic rings. The number of hydrogen-bond donors (Lipinski definition) is 1. The van der Waals surface area contributed by atoms with Crippen molar-refractivity contribution in [2.75, 3.05) is 0 Å². The predicted molar refractivity (Wildman–Crippen MR) is 128 cm³/mol. The van der Waals surface area contributed by atoms with Crippen LogP contribution in [0.1, 0.15) is 22.5 Å². The summed E-state index contributed by atoms with van der Waals surface area (Å²) in [5.74, 6) is -0.611. The first kappa shape index (κ1) is 22.5. The van der Waals surface area contributed by atoms with Crippen molar-refractivity contribution in [1.82, 2.24) is 14.5 Å². The summed E-state index contributed by atoms with van der Waals surface area (Å²) in [6.45, 7) is 1.83. The third-order valence-electron chi connectivity index (χ3n) is 5.27. The molecule has 1 aromatic heterocycles. The van der Waals surface area contributed by atoms with Crippen LogP contribution in [0.15, 0.2) is 95.9 Å². The topological polar surface area (TPSA) is 81.1 Å². The number of amides is 1. The van der Waals surface area contributed by atoms with Crippen molar-refractivity contribution in [1.29, 1.82) is 0 Å². The summed E-state index contributed by atoms with van der Waals surface area (Å²) in [4.78, 5) is 12.7. The van der Waals surface area contributed by atoms with Gasteiger partial charge in [0.15, 0.2) is 0 Å². The highest BCUT2D eigenvalue weighted by Gasteiger charge is 2.19. The summed E-state index contributed by atoms with van der Waals surface area (Å²) < 4.78 is 29.3. The second-order valence-corrected chi connectivity index (χ2v) is 9.54. The molecular formula is C26H25N3O3S. The first-order valence-corrected chi connectivity index (χ1v) is 12.2. The predicted octanol–water partition coefficient (Wildman–Crippen LogP) is 4.01. The minimum Gasteiger partial charge on any atom is -0.274 e. The molecule has 168 valence electrons. The molecule has 33 heavy (non-hydrogen) atoms. The maximum atomic E-state index is 12.7. The van der Waals surface area contributed by atoms with Gasteiger partial charge < -0.3 is 0 Å². The fraction of sp³-hybridized carbons (Fsp3) is 0.154. The number of hydrogen-bond acceptors (Lipinski definition) is 4. The van der Waals surface area contributed by atoms with Crippen molar-refractivity contribution in [2.24, 2.45) is 0 Å². The lowest BCUT2D eigenvalue weighted by Gasteiger charge is -2.10. The zero-order valence-corrected chi connectivity index (χ0v) is 19.1. The number of sulfonamides is 1. The van der Waals surface area contributed by atoms with Crippen LogP contribution in [0.2, 0.25) is 0 Å². The molecule has 6 nitrogen and oxygen atoms in total. The number of nitrogens with zero attached hydrogens (tertiary/aromatic N) is 2. The van der Waals surface area contributed by atoms with Crippen LogP contribution in [0.25, 0.3) is 5.69 Å². The summed E-state index contributed by atoms with van der Waals surface area (Å²) in [5, 5.41) is 4.42. The van der Waals surface area contributed by atoms with Crippen molar-refractivity contribution in [3.63, 3.8) is 0 Å². The number of aromatic nitrogens is 2. The van der Waals surface area contributed by atoms with Gasteiger partial charge in [0, 0.05) is 0 Å². The van der Waals surface area contributed by atoms with Crippen LogP contribution in [0.3, 0.4) is 0 Å². The van der Waals surface area contributed by atoms with Crippen LogP contribution in [0.5, 0.6) is 0 Å². The molecule has 0 fully saturated rings. The molecule has 0 aliphatic carbocycles. The molecule has 1 N–H and O–H groups in total. The fourth-order valence-corrected chi connectivity index (χ4v) is 4.63. The molecule has 1 amide bonds. The highest BCUT2D eigenvalue weighted by molar-refractivity contribution is 7.90. The number of nitrogens with one attached hydrogen (secondary N) is 1. The van der Waals surface area contributed by atoms with E-state index in [-0.39, 0.29) is 11.3 Å². The van der Waals surface area contributed by atoms with Crippen LogP contribution < -0.4 is 4.72 Å². The Bertz CT molecular complexity index is 1330. The lowest BCUT2D eigenvalue weighted by molar-refractivity contribution is -0.118. The zero-order valence-electron chi connectivity index (χ0n) is 18.3. The highest BCUT2D eigenvalue weighted by atomic mass is 32.2. The molecule has 0 saturated heterocycles. The number of para-hydroxylation sites is 1. The van der Waals surface area contributed by atoms with E-state index in [9.17, 15) is 13.2 Å². The van der Waals surface area contributed by atoms with Gasteiger partial charge in [-0.25, -0.2) is 17.8 Å². The van der Waals surface area contributed by atoms with E-state index in [0.717, 1.165) is 29.8 Å². The third kappa shape index (κ3) is 5.75. The normalized spacial score (nSPS) is 11.3. The van der Waals surface area contributed by atoms with E-state index in [1.165, 1.54) is 17.7 Å². The highest BCUT2D eigenvalue weighted by Crippen LogP contribution is 2.15. The van der Waals surface area contributed by atoms with Crippen molar-refractivity contribution >= 4 is 15.9 Å². The van der Waals surface area contributed by atoms with E-state index >= 15 is 0 Å². The second kappa shape index (κ2) is 9.83. The van der Waals surface area contributed by atoms with Crippen LogP contribution in [0.4, 0.5) is 0 Å². The smallest absolute Gasteiger partial charge is 0.264 e. The van der Waals surface area contributed by atoms with Gasteiger partial charge in [-0.1, -0.05) is 60.7 Å². The molecule has 0 saturated carbocycles. The molecule has 4 rings (SSSR count). The molecule has 0 aliphatic rings. The number of benzene rings is 3. The van der Waals surface area contributed by atoms with Crippen LogP contribution >= 0.6 is 0 Å². The van der Waals surface area contributed by atoms with Gasteiger partial charge in [-0.3, -0.25) is 4.79 Å². The van der Waals surface area contributed by atoms with Gasteiger partial charge in [-0.15, -0.1) is 0 Å². The summed E-state index contributed by atoms with van der Waals surface area (Å²) in [6, 6.07) is 28.0. The van der Waals surface area contributed by atoms with Gasteiger partial charge in [-0.2, -0.15) is 5.10 Å². The van der Waals surface area contributed by atoms with E-state index in [2.05, 4.69) is 22.0 Å². The Hall–Kier alpha value is -3.71. The van der Waals surface area contributed by atoms with Crippen molar-refractivity contribution in [3.05, 3.63) is 114 Å². The van der Waals surface area contributed by atoms with Crippen LogP contribution in [0, 0.1) is 6.92 Å². The Morgan fingerprint density at radius 2 is 1.42 bits per heavy atom. The first-order chi connectivity index (χ1) is 15.9. The maximum Gasteiger partial charge on any atom is 0.264 e. The first-order valence-electron chi connectivity index (χ1n) is 10.7. The van der Waals surface area contributed by atoms with Gasteiger partial charge in [0.1, 0.15) is 0 Å². The number of carbonyl (C=O) groups is 1. The Labute approximate surface area is 194 Å². The van der Waals surface area contributed by atoms with E-state index < -0.39 is 15.9 Å². The minimum absolute atomic E-state index is 0.0621. The Morgan fingerprint density at radius 1 is 0.848 bits per heavy atom. The van der Waals surface area contributed by atoms with Crippen LogP contribution in [-0.2, 0) is 34.1 Å². The zero-order chi connectivity index (χ0) is 23.3. The molecule has 0 atom stereocenters. The second-order valence-electron chi connectivity index (χ2n) is 7.86. The Balaban J connectivity index is 1.41. The summed E-state index contributed by atoms with van der Waals surface area (Å²) >= 11 is 0. The van der Waals surface area contributed by atoms with E-state index in [4.69, 9.17) is 0 Å². The molecule has 0 radical (unpaired) electrons. The van der Waals surface area contributed by atoms with Gasteiger partial charge in [0.05, 0.1) is 28.4 Å². The SMILES string of the molecule is Cc1cc(CC(=O)NS(=O)(=O)c2ccc(CCc3ccccc3)cc2)n(-c2ccccc2)n1. The maximum absolute atomic E-state index is 12.7. The molecule has 0 bridgehead atoms. The monoisotopic (exact) mass is 459 g/mol. The molecule has 0 spiro atoms. The quantitative estimate of drug-likeness (QED) is 0.432. The molecule has 0 unspecified atom stereocenters. The lowest BCUT2D eigenvalue weighted by atomic mass is 10.0. The number of rotatable bonds is 8. The largest absolute Gasteiger partial charge is 0.274 e. The van der Waals surface area contributed by atoms with E-state index in [1.807, 2.05) is 55.5 Å². The molecule has 0 aliphatic heterocycles. The molecule has 7 heteroatoms. The summed E-state index contributed by atoms with van der Waals surface area (Å²) in [7, 11) is -3.96. The summed E-state index contributed by atoms with van der Waals surface area (Å²) in [5.41, 5.74) is 4.43. The standard InChI is InChI=1S/C26H25N3O3S/c1-20-18-24(29(27-20)23-10-6-3-7-11-23)19-26(30)28-33(31,32)25-16-14-22(15-17-25)13-12-21-8-4-2-5-9-21/h2-11,14-18H,12-13,19H2,1H3,(H,28,30). The Morgan fingerprint density at radius 3 is 2.06 bits per heavy atom. The number of carbonyl (C=O) groups excluding carboxylic acids is 1. The summed E-state index contributed by atoms with van der Waals surface area (Å²) in [6.07, 6.45) is 1.57. The van der Waals surface area contributed by atoms with Gasteiger partial charge in [0.25, 0.3) is 10.0 Å². The van der Waals surface area contributed by atoms with Gasteiger partial charge >= 0.3 is 0 Å².